The third kappa shape index (κ3) is 8.72. The lowest BCUT2D eigenvalue weighted by atomic mass is 9.97. The van der Waals surface area contributed by atoms with Gasteiger partial charge < -0.3 is 35.8 Å². The van der Waals surface area contributed by atoms with Gasteiger partial charge in [-0.15, -0.1) is 0 Å². The summed E-state index contributed by atoms with van der Waals surface area (Å²) in [5.41, 5.74) is 6.76. The van der Waals surface area contributed by atoms with Crippen LogP contribution in [0.3, 0.4) is 0 Å². The van der Waals surface area contributed by atoms with Gasteiger partial charge in [0, 0.05) is 25.4 Å². The molecule has 40 heavy (non-hydrogen) atoms. The molecule has 2 atom stereocenters. The maximum absolute atomic E-state index is 12.6. The number of rotatable bonds is 11. The third-order valence-electron chi connectivity index (χ3n) is 6.56. The standard InChI is InChI=1S/C28H34N4O8/c1-17-5-3-4-6-23(17)39-16-24(33)30-18(2)26(35)31-22(27(36)37)15-19-7-9-21(10-8-19)40-28(38)32-13-11-20(12-14-32)25(29)34/h3-10,18,20,22H,11-16H2,1-2H3,(H2,29,34)(H,30,33)(H,31,35)(H,36,37)/t18-,22-/m0/s1. The monoisotopic (exact) mass is 554 g/mol. The minimum Gasteiger partial charge on any atom is -0.484 e. The molecule has 2 aromatic rings. The zero-order valence-electron chi connectivity index (χ0n) is 22.4. The van der Waals surface area contributed by atoms with E-state index >= 15 is 0 Å². The van der Waals surface area contributed by atoms with Gasteiger partial charge in [0.25, 0.3) is 5.91 Å². The van der Waals surface area contributed by atoms with Crippen LogP contribution < -0.4 is 25.8 Å². The number of piperidine rings is 1. The fourth-order valence-electron chi connectivity index (χ4n) is 4.15. The molecule has 5 N–H and O–H groups in total. The molecule has 4 amide bonds. The van der Waals surface area contributed by atoms with Gasteiger partial charge in [-0.2, -0.15) is 0 Å². The van der Waals surface area contributed by atoms with E-state index in [1.165, 1.54) is 24.0 Å². The topological polar surface area (TPSA) is 177 Å². The Hall–Kier alpha value is -4.61. The Morgan fingerprint density at radius 3 is 2.27 bits per heavy atom. The van der Waals surface area contributed by atoms with Crippen LogP contribution in [0.1, 0.15) is 30.9 Å². The van der Waals surface area contributed by atoms with Gasteiger partial charge in [0.05, 0.1) is 0 Å². The van der Waals surface area contributed by atoms with Crippen molar-refractivity contribution in [3.63, 3.8) is 0 Å². The van der Waals surface area contributed by atoms with Crippen LogP contribution >= 0.6 is 0 Å². The molecule has 1 heterocycles. The summed E-state index contributed by atoms with van der Waals surface area (Å²) in [5, 5.41) is 14.6. The summed E-state index contributed by atoms with van der Waals surface area (Å²) < 4.78 is 10.8. The van der Waals surface area contributed by atoms with E-state index < -0.39 is 36.0 Å². The number of nitrogens with zero attached hydrogens (tertiary/aromatic N) is 1. The number of carbonyl (C=O) groups is 5. The molecule has 1 aliphatic rings. The van der Waals surface area contributed by atoms with Crippen molar-refractivity contribution in [1.82, 2.24) is 15.5 Å². The normalized spacial score (nSPS) is 14.9. The van der Waals surface area contributed by atoms with Gasteiger partial charge in [-0.3, -0.25) is 14.4 Å². The van der Waals surface area contributed by atoms with E-state index in [1.807, 2.05) is 19.1 Å². The number of primary amides is 1. The highest BCUT2D eigenvalue weighted by Crippen LogP contribution is 2.20. The molecule has 1 aliphatic heterocycles. The minimum atomic E-state index is -1.25. The molecular weight excluding hydrogens is 520 g/mol. The number of amides is 4. The number of hydrogen-bond acceptors (Lipinski definition) is 7. The van der Waals surface area contributed by atoms with E-state index in [0.29, 0.717) is 37.2 Å². The van der Waals surface area contributed by atoms with Crippen molar-refractivity contribution in [3.05, 3.63) is 59.7 Å². The molecule has 0 spiro atoms. The largest absolute Gasteiger partial charge is 0.484 e. The molecule has 0 aromatic heterocycles. The first kappa shape index (κ1) is 29.9. The van der Waals surface area contributed by atoms with Crippen LogP contribution in [0.25, 0.3) is 0 Å². The van der Waals surface area contributed by atoms with Gasteiger partial charge in [-0.05, 0) is 56.0 Å². The highest BCUT2D eigenvalue weighted by atomic mass is 16.6. The number of carboxylic acids is 1. The molecule has 0 bridgehead atoms. The van der Waals surface area contributed by atoms with E-state index in [2.05, 4.69) is 10.6 Å². The second kappa shape index (κ2) is 14.0. The van der Waals surface area contributed by atoms with Crippen molar-refractivity contribution in [3.8, 4) is 11.5 Å². The van der Waals surface area contributed by atoms with Crippen molar-refractivity contribution >= 4 is 29.8 Å². The predicted octanol–water partition coefficient (Wildman–Crippen LogP) is 1.39. The quantitative estimate of drug-likeness (QED) is 0.322. The minimum absolute atomic E-state index is 0.0347. The SMILES string of the molecule is Cc1ccccc1OCC(=O)N[C@@H](C)C(=O)N[C@@H](Cc1ccc(OC(=O)N2CCC(C(N)=O)CC2)cc1)C(=O)O. The van der Waals surface area contributed by atoms with Crippen LogP contribution in [0.4, 0.5) is 4.79 Å². The first-order valence-electron chi connectivity index (χ1n) is 12.9. The number of hydrogen-bond donors (Lipinski definition) is 4. The summed E-state index contributed by atoms with van der Waals surface area (Å²) in [7, 11) is 0. The fraction of sp³-hybridized carbons (Fsp3) is 0.393. The molecule has 3 rings (SSSR count). The smallest absolute Gasteiger partial charge is 0.415 e. The van der Waals surface area contributed by atoms with Crippen LogP contribution in [0.2, 0.25) is 0 Å². The average Bonchev–Trinajstić information content (AvgIpc) is 2.93. The number of nitrogens with two attached hydrogens (primary N) is 1. The number of carbonyl (C=O) groups excluding carboxylic acids is 4. The Balaban J connectivity index is 1.47. The van der Waals surface area contributed by atoms with Crippen molar-refractivity contribution < 1.29 is 38.6 Å². The summed E-state index contributed by atoms with van der Waals surface area (Å²) in [4.78, 5) is 61.8. The Labute approximate surface area is 231 Å². The average molecular weight is 555 g/mol. The highest BCUT2D eigenvalue weighted by molar-refractivity contribution is 5.90. The predicted molar refractivity (Wildman–Crippen MR) is 144 cm³/mol. The summed E-state index contributed by atoms with van der Waals surface area (Å²) in [6.07, 6.45) is 0.378. The maximum Gasteiger partial charge on any atom is 0.415 e. The molecule has 0 unspecified atom stereocenters. The Kier molecular flexibility index (Phi) is 10.5. The van der Waals surface area contributed by atoms with Crippen molar-refractivity contribution in [2.24, 2.45) is 11.7 Å². The highest BCUT2D eigenvalue weighted by Gasteiger charge is 2.27. The van der Waals surface area contributed by atoms with Gasteiger partial charge in [-0.25, -0.2) is 9.59 Å². The molecule has 12 nitrogen and oxygen atoms in total. The number of benzene rings is 2. The van der Waals surface area contributed by atoms with Gasteiger partial charge in [0.1, 0.15) is 23.6 Å². The van der Waals surface area contributed by atoms with E-state index in [-0.39, 0.29) is 30.6 Å². The summed E-state index contributed by atoms with van der Waals surface area (Å²) in [6.45, 7) is 3.72. The van der Waals surface area contributed by atoms with Gasteiger partial charge >= 0.3 is 12.1 Å². The lowest BCUT2D eigenvalue weighted by Crippen LogP contribution is -2.51. The molecule has 0 aliphatic carbocycles. The molecule has 2 aromatic carbocycles. The Bertz CT molecular complexity index is 1230. The van der Waals surface area contributed by atoms with Crippen LogP contribution in [0.5, 0.6) is 11.5 Å². The molecule has 0 radical (unpaired) electrons. The van der Waals surface area contributed by atoms with Crippen molar-refractivity contribution in [2.45, 2.75) is 45.2 Å². The van der Waals surface area contributed by atoms with Gasteiger partial charge in [0.2, 0.25) is 11.8 Å². The second-order valence-corrected chi connectivity index (χ2v) is 9.62. The maximum atomic E-state index is 12.6. The molecule has 214 valence electrons. The van der Waals surface area contributed by atoms with Crippen LogP contribution in [-0.4, -0.2) is 71.6 Å². The van der Waals surface area contributed by atoms with Crippen LogP contribution in [0.15, 0.2) is 48.5 Å². The Morgan fingerprint density at radius 2 is 1.68 bits per heavy atom. The van der Waals surface area contributed by atoms with Crippen LogP contribution in [-0.2, 0) is 25.6 Å². The summed E-state index contributed by atoms with van der Waals surface area (Å²) >= 11 is 0. The first-order chi connectivity index (χ1) is 19.0. The summed E-state index contributed by atoms with van der Waals surface area (Å²) in [5.74, 6) is -2.24. The van der Waals surface area contributed by atoms with E-state index in [1.54, 1.807) is 24.3 Å². The third-order valence-corrected chi connectivity index (χ3v) is 6.56. The number of carboxylic acid groups (broad SMARTS) is 1. The van der Waals surface area contributed by atoms with E-state index in [4.69, 9.17) is 15.2 Å². The summed E-state index contributed by atoms with van der Waals surface area (Å²) in [6, 6.07) is 11.2. The fourth-order valence-corrected chi connectivity index (χ4v) is 4.15. The molecule has 0 saturated carbocycles. The zero-order valence-corrected chi connectivity index (χ0v) is 22.4. The number of nitrogens with one attached hydrogen (secondary N) is 2. The molecule has 12 heteroatoms. The molecule has 1 saturated heterocycles. The Morgan fingerprint density at radius 1 is 1.02 bits per heavy atom. The lowest BCUT2D eigenvalue weighted by molar-refractivity contribution is -0.142. The lowest BCUT2D eigenvalue weighted by Gasteiger charge is -2.29. The number of likely N-dealkylation sites (tertiary alicyclic amines) is 1. The van der Waals surface area contributed by atoms with Crippen LogP contribution in [0, 0.1) is 12.8 Å². The first-order valence-corrected chi connectivity index (χ1v) is 12.9. The van der Waals surface area contributed by atoms with E-state index in [0.717, 1.165) is 5.56 Å². The van der Waals surface area contributed by atoms with Crippen molar-refractivity contribution in [2.75, 3.05) is 19.7 Å². The van der Waals surface area contributed by atoms with Crippen molar-refractivity contribution in [1.29, 1.82) is 0 Å². The van der Waals surface area contributed by atoms with Gasteiger partial charge in [-0.1, -0.05) is 30.3 Å². The number of aryl methyl sites for hydroxylation is 1. The van der Waals surface area contributed by atoms with E-state index in [9.17, 15) is 29.1 Å². The number of para-hydroxylation sites is 1. The molecular formula is C28H34N4O8. The number of aliphatic carboxylic acids is 1. The number of ether oxygens (including phenoxy) is 2. The zero-order chi connectivity index (χ0) is 29.2. The molecule has 1 fully saturated rings. The van der Waals surface area contributed by atoms with Gasteiger partial charge in [0.15, 0.2) is 6.61 Å². The second-order valence-electron chi connectivity index (χ2n) is 9.62.